The number of aromatic nitrogens is 3. The predicted octanol–water partition coefficient (Wildman–Crippen LogP) is 3.96. The second-order valence-electron chi connectivity index (χ2n) is 6.46. The zero-order valence-electron chi connectivity index (χ0n) is 14.9. The number of non-ortho nitro benzene ring substituents is 1. The van der Waals surface area contributed by atoms with Crippen molar-refractivity contribution in [3.8, 4) is 17.0 Å². The molecule has 4 aromatic rings. The molecule has 28 heavy (non-hydrogen) atoms. The maximum Gasteiger partial charge on any atom is 0.269 e. The molecular weight excluding hydrogens is 358 g/mol. The third-order valence-corrected chi connectivity index (χ3v) is 4.90. The van der Waals surface area contributed by atoms with Crippen LogP contribution in [0.5, 0.6) is 5.75 Å². The van der Waals surface area contributed by atoms with Crippen LogP contribution in [0.4, 0.5) is 17.2 Å². The maximum absolute atomic E-state index is 11.0. The van der Waals surface area contributed by atoms with Crippen molar-refractivity contribution in [2.45, 2.75) is 6.54 Å². The van der Waals surface area contributed by atoms with Crippen LogP contribution in [0.2, 0.25) is 0 Å². The molecule has 0 fully saturated rings. The third-order valence-electron chi connectivity index (χ3n) is 4.90. The zero-order valence-corrected chi connectivity index (χ0v) is 14.9. The minimum Gasteiger partial charge on any atom is -0.494 e. The Morgan fingerprint density at radius 1 is 1.14 bits per heavy atom. The molecule has 1 aliphatic rings. The molecule has 1 aliphatic heterocycles. The summed E-state index contributed by atoms with van der Waals surface area (Å²) in [4.78, 5) is 21.8. The number of rotatable bonds is 3. The van der Waals surface area contributed by atoms with E-state index in [1.165, 1.54) is 12.1 Å². The molecule has 3 heterocycles. The first kappa shape index (κ1) is 16.2. The molecule has 2 aromatic carbocycles. The quantitative estimate of drug-likeness (QED) is 0.399. The first-order valence-corrected chi connectivity index (χ1v) is 8.68. The van der Waals surface area contributed by atoms with Gasteiger partial charge in [-0.25, -0.2) is 9.97 Å². The lowest BCUT2D eigenvalue weighted by Gasteiger charge is -2.30. The SMILES string of the molecule is COc1cnc2nc3c(n2c1)N(c1ccc([N+](=O)[O-])cc1)Cc1ccccc1-3. The molecule has 0 atom stereocenters. The Bertz CT molecular complexity index is 1220. The summed E-state index contributed by atoms with van der Waals surface area (Å²) in [6.45, 7) is 0.617. The largest absolute Gasteiger partial charge is 0.494 e. The molecule has 0 N–H and O–H groups in total. The van der Waals surface area contributed by atoms with Gasteiger partial charge in [0.15, 0.2) is 5.75 Å². The summed E-state index contributed by atoms with van der Waals surface area (Å²) in [5.74, 6) is 2.04. The second kappa shape index (κ2) is 6.05. The monoisotopic (exact) mass is 373 g/mol. The summed E-state index contributed by atoms with van der Waals surface area (Å²) in [6, 6.07) is 14.6. The Balaban J connectivity index is 1.75. The minimum absolute atomic E-state index is 0.0582. The van der Waals surface area contributed by atoms with E-state index in [2.05, 4.69) is 16.0 Å². The molecule has 0 amide bonds. The highest BCUT2D eigenvalue weighted by molar-refractivity contribution is 5.85. The number of imidazole rings is 1. The lowest BCUT2D eigenvalue weighted by molar-refractivity contribution is -0.384. The summed E-state index contributed by atoms with van der Waals surface area (Å²) in [5.41, 5.74) is 3.90. The summed E-state index contributed by atoms with van der Waals surface area (Å²) in [6.07, 6.45) is 3.48. The van der Waals surface area contributed by atoms with Gasteiger partial charge in [0, 0.05) is 23.4 Å². The lowest BCUT2D eigenvalue weighted by Crippen LogP contribution is -2.22. The molecule has 0 unspecified atom stereocenters. The number of hydrogen-bond acceptors (Lipinski definition) is 6. The van der Waals surface area contributed by atoms with Crippen molar-refractivity contribution in [2.24, 2.45) is 0 Å². The number of nitro groups is 1. The predicted molar refractivity (Wildman–Crippen MR) is 104 cm³/mol. The molecule has 0 spiro atoms. The van der Waals surface area contributed by atoms with Crippen LogP contribution in [0.15, 0.2) is 60.9 Å². The van der Waals surface area contributed by atoms with E-state index in [0.717, 1.165) is 28.3 Å². The fraction of sp³-hybridized carbons (Fsp3) is 0.100. The van der Waals surface area contributed by atoms with Crippen LogP contribution >= 0.6 is 0 Å². The number of methoxy groups -OCH3 is 1. The van der Waals surface area contributed by atoms with Crippen molar-refractivity contribution in [1.29, 1.82) is 0 Å². The Morgan fingerprint density at radius 3 is 2.68 bits per heavy atom. The number of nitrogens with zero attached hydrogens (tertiary/aromatic N) is 5. The molecule has 2 aromatic heterocycles. The van der Waals surface area contributed by atoms with E-state index < -0.39 is 4.92 Å². The highest BCUT2D eigenvalue weighted by Gasteiger charge is 2.29. The third kappa shape index (κ3) is 2.38. The van der Waals surface area contributed by atoms with Crippen molar-refractivity contribution < 1.29 is 9.66 Å². The lowest BCUT2D eigenvalue weighted by atomic mass is 9.99. The average molecular weight is 373 g/mol. The van der Waals surface area contributed by atoms with Gasteiger partial charge < -0.3 is 9.64 Å². The topological polar surface area (TPSA) is 85.8 Å². The van der Waals surface area contributed by atoms with Crippen LogP contribution in [-0.2, 0) is 6.54 Å². The Kier molecular flexibility index (Phi) is 3.51. The van der Waals surface area contributed by atoms with Crippen LogP contribution < -0.4 is 9.64 Å². The van der Waals surface area contributed by atoms with Crippen LogP contribution in [0.1, 0.15) is 5.56 Å². The van der Waals surface area contributed by atoms with Gasteiger partial charge in [-0.1, -0.05) is 24.3 Å². The van der Waals surface area contributed by atoms with Gasteiger partial charge in [0.25, 0.3) is 5.69 Å². The fourth-order valence-electron chi connectivity index (χ4n) is 3.55. The van der Waals surface area contributed by atoms with Gasteiger partial charge in [-0.05, 0) is 17.7 Å². The van der Waals surface area contributed by atoms with Crippen molar-refractivity contribution in [3.63, 3.8) is 0 Å². The summed E-state index contributed by atoms with van der Waals surface area (Å²) < 4.78 is 7.22. The van der Waals surface area contributed by atoms with Crippen molar-refractivity contribution >= 4 is 23.0 Å². The fourth-order valence-corrected chi connectivity index (χ4v) is 3.55. The van der Waals surface area contributed by atoms with Crippen LogP contribution in [0.25, 0.3) is 17.0 Å². The van der Waals surface area contributed by atoms with E-state index in [9.17, 15) is 10.1 Å². The van der Waals surface area contributed by atoms with Crippen molar-refractivity contribution in [3.05, 3.63) is 76.6 Å². The van der Waals surface area contributed by atoms with Gasteiger partial charge in [0.1, 0.15) is 11.5 Å². The van der Waals surface area contributed by atoms with Gasteiger partial charge in [0.05, 0.1) is 31.0 Å². The van der Waals surface area contributed by atoms with Gasteiger partial charge >= 0.3 is 0 Å². The molecule has 138 valence electrons. The molecule has 0 saturated heterocycles. The van der Waals surface area contributed by atoms with E-state index in [1.54, 1.807) is 25.4 Å². The summed E-state index contributed by atoms with van der Waals surface area (Å²) >= 11 is 0. The van der Waals surface area contributed by atoms with Crippen LogP contribution in [-0.4, -0.2) is 26.4 Å². The maximum atomic E-state index is 11.0. The summed E-state index contributed by atoms with van der Waals surface area (Å²) in [7, 11) is 1.59. The van der Waals surface area contributed by atoms with Gasteiger partial charge in [-0.2, -0.15) is 0 Å². The van der Waals surface area contributed by atoms with E-state index in [-0.39, 0.29) is 5.69 Å². The molecule has 0 bridgehead atoms. The molecule has 0 saturated carbocycles. The Labute approximate surface area is 159 Å². The molecular formula is C20H15N5O3. The number of anilines is 2. The van der Waals surface area contributed by atoms with Crippen LogP contribution in [0, 0.1) is 10.1 Å². The Hall–Kier alpha value is -3.94. The minimum atomic E-state index is -0.399. The van der Waals surface area contributed by atoms with Crippen molar-refractivity contribution in [2.75, 3.05) is 12.0 Å². The average Bonchev–Trinajstić information content (AvgIpc) is 3.12. The van der Waals surface area contributed by atoms with E-state index in [1.807, 2.05) is 28.8 Å². The Morgan fingerprint density at radius 2 is 1.93 bits per heavy atom. The molecule has 0 aliphatic carbocycles. The second-order valence-corrected chi connectivity index (χ2v) is 6.46. The van der Waals surface area contributed by atoms with Crippen LogP contribution in [0.3, 0.4) is 0 Å². The highest BCUT2D eigenvalue weighted by atomic mass is 16.6. The van der Waals surface area contributed by atoms with E-state index >= 15 is 0 Å². The number of benzene rings is 2. The smallest absolute Gasteiger partial charge is 0.269 e. The zero-order chi connectivity index (χ0) is 19.3. The van der Waals surface area contributed by atoms with Gasteiger partial charge in [-0.3, -0.25) is 14.5 Å². The number of ether oxygens (including phenoxy) is 1. The van der Waals surface area contributed by atoms with Crippen molar-refractivity contribution in [1.82, 2.24) is 14.4 Å². The molecule has 0 radical (unpaired) electrons. The van der Waals surface area contributed by atoms with Gasteiger partial charge in [0.2, 0.25) is 5.78 Å². The van der Waals surface area contributed by atoms with E-state index in [4.69, 9.17) is 9.72 Å². The molecule has 8 heteroatoms. The number of nitro benzene ring substituents is 1. The first-order chi connectivity index (χ1) is 13.7. The molecule has 5 rings (SSSR count). The van der Waals surface area contributed by atoms with E-state index in [0.29, 0.717) is 18.1 Å². The van der Waals surface area contributed by atoms with Gasteiger partial charge in [-0.15, -0.1) is 0 Å². The molecule has 8 nitrogen and oxygen atoms in total. The summed E-state index contributed by atoms with van der Waals surface area (Å²) in [5, 5.41) is 11.0. The standard InChI is InChI=1S/C20H15N5O3/c1-28-16-10-21-20-22-18-17-5-3-2-4-13(17)11-23(19(18)24(20)12-16)14-6-8-15(9-7-14)25(26)27/h2-10,12H,11H2,1H3. The highest BCUT2D eigenvalue weighted by Crippen LogP contribution is 2.43. The number of fused-ring (bicyclic) bond motifs is 5. The number of hydrogen-bond donors (Lipinski definition) is 0. The normalized spacial score (nSPS) is 12.5. The first-order valence-electron chi connectivity index (χ1n) is 8.68.